The van der Waals surface area contributed by atoms with E-state index in [1.54, 1.807) is 0 Å². The quantitative estimate of drug-likeness (QED) is 0.749. The minimum absolute atomic E-state index is 0.0427. The zero-order valence-electron chi connectivity index (χ0n) is 12.1. The Kier molecular flexibility index (Phi) is 5.57. The molecule has 1 unspecified atom stereocenters. The Morgan fingerprint density at radius 3 is 2.70 bits per heavy atom. The summed E-state index contributed by atoms with van der Waals surface area (Å²) in [5, 5.41) is 3.12. The van der Waals surface area contributed by atoms with Crippen LogP contribution in [-0.4, -0.2) is 33.3 Å². The molecule has 1 atom stereocenters. The molecule has 0 heterocycles. The van der Waals surface area contributed by atoms with Gasteiger partial charge in [-0.1, -0.05) is 31.2 Å². The van der Waals surface area contributed by atoms with Crippen LogP contribution >= 0.6 is 0 Å². The highest BCUT2D eigenvalue weighted by Gasteiger charge is 2.22. The van der Waals surface area contributed by atoms with E-state index in [0.29, 0.717) is 6.54 Å². The summed E-state index contributed by atoms with van der Waals surface area (Å²) in [6.07, 6.45) is 3.67. The van der Waals surface area contributed by atoms with Crippen molar-refractivity contribution in [3.63, 3.8) is 0 Å². The molecule has 2 rings (SSSR count). The predicted octanol–water partition coefficient (Wildman–Crippen LogP) is 1.46. The lowest BCUT2D eigenvalue weighted by molar-refractivity contribution is 0.506. The molecule has 0 spiro atoms. The average Bonchev–Trinajstić information content (AvgIpc) is 2.43. The van der Waals surface area contributed by atoms with Gasteiger partial charge in [-0.05, 0) is 43.4 Å². The lowest BCUT2D eigenvalue weighted by atomic mass is 9.89. The molecule has 0 bridgehead atoms. The fourth-order valence-electron chi connectivity index (χ4n) is 2.62. The van der Waals surface area contributed by atoms with Crippen molar-refractivity contribution in [2.24, 2.45) is 0 Å². The summed E-state index contributed by atoms with van der Waals surface area (Å²) in [4.78, 5) is 0. The largest absolute Gasteiger partial charge is 0.316 e. The molecule has 0 saturated heterocycles. The Hall–Kier alpha value is -0.910. The summed E-state index contributed by atoms with van der Waals surface area (Å²) in [6.45, 7) is 3.46. The van der Waals surface area contributed by atoms with Crippen molar-refractivity contribution in [2.75, 3.05) is 18.8 Å². The van der Waals surface area contributed by atoms with Crippen molar-refractivity contribution in [2.45, 2.75) is 38.6 Å². The SMILES string of the molecule is CCCNCCS(=O)(=O)NC1CCc2ccccc2C1. The average molecular weight is 296 g/mol. The highest BCUT2D eigenvalue weighted by Crippen LogP contribution is 2.21. The molecule has 4 nitrogen and oxygen atoms in total. The predicted molar refractivity (Wildman–Crippen MR) is 82.3 cm³/mol. The van der Waals surface area contributed by atoms with E-state index in [-0.39, 0.29) is 11.8 Å². The van der Waals surface area contributed by atoms with Crippen LogP contribution in [0.25, 0.3) is 0 Å². The van der Waals surface area contributed by atoms with Gasteiger partial charge in [0.05, 0.1) is 5.75 Å². The summed E-state index contributed by atoms with van der Waals surface area (Å²) in [5.41, 5.74) is 2.63. The standard InChI is InChI=1S/C15H24N2O2S/c1-2-9-16-10-11-20(18,19)17-15-8-7-13-5-3-4-6-14(13)12-15/h3-6,15-17H,2,7-12H2,1H3. The van der Waals surface area contributed by atoms with Gasteiger partial charge in [0, 0.05) is 12.6 Å². The molecule has 1 aliphatic rings. The lowest BCUT2D eigenvalue weighted by Crippen LogP contribution is -2.41. The van der Waals surface area contributed by atoms with Gasteiger partial charge in [-0.25, -0.2) is 13.1 Å². The number of rotatable bonds is 7. The number of sulfonamides is 1. The van der Waals surface area contributed by atoms with E-state index >= 15 is 0 Å². The van der Waals surface area contributed by atoms with Crippen LogP contribution in [0, 0.1) is 0 Å². The van der Waals surface area contributed by atoms with E-state index < -0.39 is 10.0 Å². The van der Waals surface area contributed by atoms with E-state index in [0.717, 1.165) is 32.2 Å². The minimum Gasteiger partial charge on any atom is -0.316 e. The van der Waals surface area contributed by atoms with Crippen LogP contribution in [0.4, 0.5) is 0 Å². The summed E-state index contributed by atoms with van der Waals surface area (Å²) in [6, 6.07) is 8.33. The molecule has 2 N–H and O–H groups in total. The fraction of sp³-hybridized carbons (Fsp3) is 0.600. The molecular weight excluding hydrogens is 272 g/mol. The van der Waals surface area contributed by atoms with Gasteiger partial charge in [-0.3, -0.25) is 0 Å². The number of nitrogens with one attached hydrogen (secondary N) is 2. The highest BCUT2D eigenvalue weighted by atomic mass is 32.2. The number of aryl methyl sites for hydroxylation is 1. The number of fused-ring (bicyclic) bond motifs is 1. The maximum Gasteiger partial charge on any atom is 0.213 e. The first-order chi connectivity index (χ1) is 9.61. The van der Waals surface area contributed by atoms with Crippen LogP contribution in [0.3, 0.4) is 0 Å². The zero-order chi connectivity index (χ0) is 14.4. The van der Waals surface area contributed by atoms with Crippen molar-refractivity contribution < 1.29 is 8.42 Å². The topological polar surface area (TPSA) is 58.2 Å². The van der Waals surface area contributed by atoms with Gasteiger partial charge < -0.3 is 5.32 Å². The van der Waals surface area contributed by atoms with Crippen LogP contribution in [-0.2, 0) is 22.9 Å². The highest BCUT2D eigenvalue weighted by molar-refractivity contribution is 7.89. The Morgan fingerprint density at radius 1 is 1.20 bits per heavy atom. The van der Waals surface area contributed by atoms with Crippen molar-refractivity contribution in [3.8, 4) is 0 Å². The molecule has 1 aromatic rings. The fourth-order valence-corrected chi connectivity index (χ4v) is 3.86. The van der Waals surface area contributed by atoms with E-state index in [1.165, 1.54) is 11.1 Å². The lowest BCUT2D eigenvalue weighted by Gasteiger charge is -2.25. The van der Waals surface area contributed by atoms with Crippen molar-refractivity contribution >= 4 is 10.0 Å². The summed E-state index contributed by atoms with van der Waals surface area (Å²) >= 11 is 0. The summed E-state index contributed by atoms with van der Waals surface area (Å²) in [7, 11) is -3.18. The first-order valence-corrected chi connectivity index (χ1v) is 9.03. The van der Waals surface area contributed by atoms with Gasteiger partial charge in [0.15, 0.2) is 0 Å². The van der Waals surface area contributed by atoms with Crippen molar-refractivity contribution in [1.82, 2.24) is 10.0 Å². The van der Waals surface area contributed by atoms with Gasteiger partial charge in [0.2, 0.25) is 10.0 Å². The second-order valence-corrected chi connectivity index (χ2v) is 7.27. The van der Waals surface area contributed by atoms with Gasteiger partial charge in [0.25, 0.3) is 0 Å². The first kappa shape index (κ1) is 15.5. The van der Waals surface area contributed by atoms with Gasteiger partial charge in [-0.2, -0.15) is 0 Å². The number of hydrogen-bond acceptors (Lipinski definition) is 3. The molecule has 0 fully saturated rings. The number of hydrogen-bond donors (Lipinski definition) is 2. The first-order valence-electron chi connectivity index (χ1n) is 7.38. The molecule has 0 radical (unpaired) electrons. The van der Waals surface area contributed by atoms with Crippen molar-refractivity contribution in [3.05, 3.63) is 35.4 Å². The molecule has 0 aromatic heterocycles. The monoisotopic (exact) mass is 296 g/mol. The second kappa shape index (κ2) is 7.20. The molecule has 0 amide bonds. The van der Waals surface area contributed by atoms with Gasteiger partial charge >= 0.3 is 0 Å². The zero-order valence-corrected chi connectivity index (χ0v) is 12.9. The molecule has 112 valence electrons. The van der Waals surface area contributed by atoms with E-state index in [2.05, 4.69) is 29.1 Å². The maximum atomic E-state index is 12.0. The van der Waals surface area contributed by atoms with E-state index in [9.17, 15) is 8.42 Å². The van der Waals surface area contributed by atoms with Gasteiger partial charge in [0.1, 0.15) is 0 Å². The van der Waals surface area contributed by atoms with Crippen LogP contribution in [0.2, 0.25) is 0 Å². The van der Waals surface area contributed by atoms with Crippen molar-refractivity contribution in [1.29, 1.82) is 0 Å². The molecule has 20 heavy (non-hydrogen) atoms. The third kappa shape index (κ3) is 4.58. The van der Waals surface area contributed by atoms with Gasteiger partial charge in [-0.15, -0.1) is 0 Å². The van der Waals surface area contributed by atoms with Crippen LogP contribution in [0.15, 0.2) is 24.3 Å². The summed E-state index contributed by atoms with van der Waals surface area (Å²) in [5.74, 6) is 0.158. The smallest absolute Gasteiger partial charge is 0.213 e. The molecule has 0 aliphatic heterocycles. The molecule has 5 heteroatoms. The van der Waals surface area contributed by atoms with Crippen LogP contribution in [0.5, 0.6) is 0 Å². The maximum absolute atomic E-state index is 12.0. The third-order valence-corrected chi connectivity index (χ3v) is 5.10. The molecule has 1 aromatic carbocycles. The third-order valence-electron chi connectivity index (χ3n) is 3.67. The van der Waals surface area contributed by atoms with Crippen LogP contribution < -0.4 is 10.0 Å². The Bertz CT molecular complexity index is 528. The van der Waals surface area contributed by atoms with Crippen LogP contribution in [0.1, 0.15) is 30.9 Å². The molecule has 0 saturated carbocycles. The normalized spacial score (nSPS) is 18.8. The Morgan fingerprint density at radius 2 is 1.95 bits per heavy atom. The Labute approximate surface area is 122 Å². The minimum atomic E-state index is -3.18. The van der Waals surface area contributed by atoms with E-state index in [1.807, 2.05) is 12.1 Å². The second-order valence-electron chi connectivity index (χ2n) is 5.40. The number of benzene rings is 1. The summed E-state index contributed by atoms with van der Waals surface area (Å²) < 4.78 is 26.9. The molecular formula is C15H24N2O2S. The molecule has 1 aliphatic carbocycles. The van der Waals surface area contributed by atoms with E-state index in [4.69, 9.17) is 0 Å². The Balaban J connectivity index is 1.85.